The summed E-state index contributed by atoms with van der Waals surface area (Å²) in [5, 5.41) is 8.14. The van der Waals surface area contributed by atoms with Gasteiger partial charge in [0.1, 0.15) is 6.04 Å². The lowest BCUT2D eigenvalue weighted by Gasteiger charge is -2.15. The molecule has 1 heterocycles. The molecule has 0 spiro atoms. The van der Waals surface area contributed by atoms with Crippen LogP contribution >= 0.6 is 11.3 Å². The van der Waals surface area contributed by atoms with Gasteiger partial charge in [-0.2, -0.15) is 0 Å². The van der Waals surface area contributed by atoms with Gasteiger partial charge in [0.05, 0.1) is 13.2 Å². The second kappa shape index (κ2) is 7.81. The first-order valence-corrected chi connectivity index (χ1v) is 7.71. The number of nitrogens with one attached hydrogen (secondary N) is 2. The van der Waals surface area contributed by atoms with E-state index in [-0.39, 0.29) is 11.9 Å². The molecular formula is C16H20N2O2S. The molecular weight excluding hydrogens is 284 g/mol. The van der Waals surface area contributed by atoms with Crippen molar-refractivity contribution in [2.75, 3.05) is 12.4 Å². The Hall–Kier alpha value is -1.85. The van der Waals surface area contributed by atoms with Gasteiger partial charge in [-0.05, 0) is 36.1 Å². The Morgan fingerprint density at radius 2 is 2.19 bits per heavy atom. The first-order chi connectivity index (χ1) is 10.2. The molecule has 0 fully saturated rings. The molecule has 2 aromatic rings. The number of rotatable bonds is 7. The summed E-state index contributed by atoms with van der Waals surface area (Å²) >= 11 is 1.64. The van der Waals surface area contributed by atoms with Gasteiger partial charge >= 0.3 is 0 Å². The van der Waals surface area contributed by atoms with Crippen molar-refractivity contribution in [2.24, 2.45) is 0 Å². The van der Waals surface area contributed by atoms with Crippen LogP contribution in [0, 0.1) is 0 Å². The number of hydrogen-bond donors (Lipinski definition) is 2. The highest BCUT2D eigenvalue weighted by Crippen LogP contribution is 2.13. The molecule has 21 heavy (non-hydrogen) atoms. The third-order valence-electron chi connectivity index (χ3n) is 3.03. The molecule has 0 saturated heterocycles. The number of anilines is 1. The lowest BCUT2D eigenvalue weighted by molar-refractivity contribution is -0.121. The summed E-state index contributed by atoms with van der Waals surface area (Å²) in [5.74, 6) is -0.0134. The number of ether oxygens (including phenoxy) is 1. The highest BCUT2D eigenvalue weighted by molar-refractivity contribution is 7.09. The molecule has 0 radical (unpaired) electrons. The van der Waals surface area contributed by atoms with Crippen molar-refractivity contribution in [3.8, 4) is 0 Å². The normalized spacial score (nSPS) is 11.9. The molecule has 1 atom stereocenters. The predicted molar refractivity (Wildman–Crippen MR) is 86.4 cm³/mol. The van der Waals surface area contributed by atoms with E-state index in [1.807, 2.05) is 48.7 Å². The van der Waals surface area contributed by atoms with Crippen LogP contribution in [0.2, 0.25) is 0 Å². The Bertz CT molecular complexity index is 569. The van der Waals surface area contributed by atoms with Gasteiger partial charge in [-0.3, -0.25) is 4.79 Å². The van der Waals surface area contributed by atoms with Crippen molar-refractivity contribution in [1.29, 1.82) is 0 Å². The van der Waals surface area contributed by atoms with E-state index in [0.29, 0.717) is 13.2 Å². The topological polar surface area (TPSA) is 50.4 Å². The first-order valence-electron chi connectivity index (χ1n) is 6.83. The van der Waals surface area contributed by atoms with Crippen LogP contribution in [0.5, 0.6) is 0 Å². The number of benzene rings is 1. The minimum atomic E-state index is -0.289. The highest BCUT2D eigenvalue weighted by Gasteiger charge is 2.12. The second-order valence-corrected chi connectivity index (χ2v) is 5.83. The lowest BCUT2D eigenvalue weighted by atomic mass is 10.2. The molecule has 1 amide bonds. The van der Waals surface area contributed by atoms with Crippen LogP contribution in [0.1, 0.15) is 17.4 Å². The maximum Gasteiger partial charge on any atom is 0.242 e. The lowest BCUT2D eigenvalue weighted by Crippen LogP contribution is -2.37. The number of carbonyl (C=O) groups excluding carboxylic acids is 1. The molecule has 0 aliphatic heterocycles. The summed E-state index contributed by atoms with van der Waals surface area (Å²) < 4.78 is 5.11. The number of hydrogen-bond acceptors (Lipinski definition) is 4. The van der Waals surface area contributed by atoms with Gasteiger partial charge in [0.2, 0.25) is 5.91 Å². The van der Waals surface area contributed by atoms with Gasteiger partial charge in [0.25, 0.3) is 0 Å². The van der Waals surface area contributed by atoms with Crippen LogP contribution in [0.4, 0.5) is 5.69 Å². The summed E-state index contributed by atoms with van der Waals surface area (Å²) in [6, 6.07) is 11.6. The predicted octanol–water partition coefficient (Wildman–Crippen LogP) is 3.01. The smallest absolute Gasteiger partial charge is 0.242 e. The fraction of sp³-hybridized carbons (Fsp3) is 0.312. The third-order valence-corrected chi connectivity index (χ3v) is 3.91. The molecule has 0 aliphatic rings. The summed E-state index contributed by atoms with van der Waals surface area (Å²) in [5.41, 5.74) is 2.00. The third kappa shape index (κ3) is 4.88. The molecule has 2 rings (SSSR count). The quantitative estimate of drug-likeness (QED) is 0.827. The molecule has 0 bridgehead atoms. The molecule has 5 heteroatoms. The zero-order valence-corrected chi connectivity index (χ0v) is 13.1. The van der Waals surface area contributed by atoms with Gasteiger partial charge in [0, 0.05) is 17.7 Å². The summed E-state index contributed by atoms with van der Waals surface area (Å²) in [4.78, 5) is 13.2. The highest BCUT2D eigenvalue weighted by atomic mass is 32.1. The first kappa shape index (κ1) is 15.5. The minimum absolute atomic E-state index is 0.0134. The fourth-order valence-electron chi connectivity index (χ4n) is 1.97. The van der Waals surface area contributed by atoms with Gasteiger partial charge in [-0.25, -0.2) is 0 Å². The summed E-state index contributed by atoms with van der Waals surface area (Å²) in [6.45, 7) is 2.99. The molecule has 0 saturated carbocycles. The number of amides is 1. The van der Waals surface area contributed by atoms with E-state index in [0.717, 1.165) is 16.1 Å². The number of thiophene rings is 1. The van der Waals surface area contributed by atoms with E-state index in [2.05, 4.69) is 10.6 Å². The Morgan fingerprint density at radius 3 is 2.90 bits per heavy atom. The zero-order valence-electron chi connectivity index (χ0n) is 12.3. The Labute approximate surface area is 129 Å². The minimum Gasteiger partial charge on any atom is -0.380 e. The van der Waals surface area contributed by atoms with Crippen molar-refractivity contribution in [2.45, 2.75) is 26.1 Å². The van der Waals surface area contributed by atoms with Crippen molar-refractivity contribution < 1.29 is 9.53 Å². The van der Waals surface area contributed by atoms with E-state index >= 15 is 0 Å². The van der Waals surface area contributed by atoms with Crippen LogP contribution in [0.3, 0.4) is 0 Å². The van der Waals surface area contributed by atoms with Crippen molar-refractivity contribution >= 4 is 22.9 Å². The Kier molecular flexibility index (Phi) is 5.78. The van der Waals surface area contributed by atoms with Crippen molar-refractivity contribution in [1.82, 2.24) is 5.32 Å². The maximum absolute atomic E-state index is 12.1. The molecule has 2 N–H and O–H groups in total. The van der Waals surface area contributed by atoms with Gasteiger partial charge in [0.15, 0.2) is 0 Å². The van der Waals surface area contributed by atoms with Gasteiger partial charge in [-0.15, -0.1) is 11.3 Å². The SMILES string of the molecule is COCc1cccc(N[C@H](C)C(=O)NCc2cccs2)c1. The number of methoxy groups -OCH3 is 1. The molecule has 1 aromatic carbocycles. The zero-order chi connectivity index (χ0) is 15.1. The van der Waals surface area contributed by atoms with Crippen LogP contribution < -0.4 is 10.6 Å². The largest absolute Gasteiger partial charge is 0.380 e. The molecule has 4 nitrogen and oxygen atoms in total. The number of carbonyl (C=O) groups is 1. The average Bonchev–Trinajstić information content (AvgIpc) is 2.98. The second-order valence-electron chi connectivity index (χ2n) is 4.80. The van der Waals surface area contributed by atoms with E-state index in [4.69, 9.17) is 4.74 Å². The van der Waals surface area contributed by atoms with Crippen molar-refractivity contribution in [3.63, 3.8) is 0 Å². The standard InChI is InChI=1S/C16H20N2O2S/c1-12(16(19)17-10-15-7-4-8-21-15)18-14-6-3-5-13(9-14)11-20-2/h3-9,12,18H,10-11H2,1-2H3,(H,17,19)/t12-/m1/s1. The van der Waals surface area contributed by atoms with Crippen LogP contribution in [0.25, 0.3) is 0 Å². The maximum atomic E-state index is 12.1. The average molecular weight is 304 g/mol. The van der Waals surface area contributed by atoms with E-state index in [9.17, 15) is 4.79 Å². The van der Waals surface area contributed by atoms with Gasteiger partial charge in [-0.1, -0.05) is 18.2 Å². The fourth-order valence-corrected chi connectivity index (χ4v) is 2.62. The van der Waals surface area contributed by atoms with E-state index < -0.39 is 0 Å². The Morgan fingerprint density at radius 1 is 1.33 bits per heavy atom. The van der Waals surface area contributed by atoms with Crippen LogP contribution in [0.15, 0.2) is 41.8 Å². The van der Waals surface area contributed by atoms with E-state index in [1.165, 1.54) is 0 Å². The van der Waals surface area contributed by atoms with Gasteiger partial charge < -0.3 is 15.4 Å². The summed E-state index contributed by atoms with van der Waals surface area (Å²) in [7, 11) is 1.67. The molecule has 0 unspecified atom stereocenters. The van der Waals surface area contributed by atoms with E-state index in [1.54, 1.807) is 18.4 Å². The molecule has 112 valence electrons. The molecule has 1 aromatic heterocycles. The summed E-state index contributed by atoms with van der Waals surface area (Å²) in [6.07, 6.45) is 0. The van der Waals surface area contributed by atoms with Crippen LogP contribution in [-0.4, -0.2) is 19.1 Å². The van der Waals surface area contributed by atoms with Crippen LogP contribution in [-0.2, 0) is 22.7 Å². The molecule has 0 aliphatic carbocycles. The van der Waals surface area contributed by atoms with Crippen molar-refractivity contribution in [3.05, 3.63) is 52.2 Å². The Balaban J connectivity index is 1.86. The monoisotopic (exact) mass is 304 g/mol.